The molecule has 0 aliphatic carbocycles. The smallest absolute Gasteiger partial charge is 0.294 e. The summed E-state index contributed by atoms with van der Waals surface area (Å²) in [6.07, 6.45) is 0. The third kappa shape index (κ3) is 4.77. The zero-order valence-electron chi connectivity index (χ0n) is 9.84. The van der Waals surface area contributed by atoms with Gasteiger partial charge in [0.2, 0.25) is 0 Å². The fourth-order valence-corrected chi connectivity index (χ4v) is 3.35. The lowest BCUT2D eigenvalue weighted by molar-refractivity contribution is 0.281. The number of hydrogen-bond donors (Lipinski definition) is 1. The van der Waals surface area contributed by atoms with Crippen LogP contribution in [0.4, 0.5) is 0 Å². The van der Waals surface area contributed by atoms with E-state index in [4.69, 9.17) is 20.6 Å². The van der Waals surface area contributed by atoms with Crippen LogP contribution in [0.25, 0.3) is 0 Å². The van der Waals surface area contributed by atoms with Gasteiger partial charge in [-0.3, -0.25) is 4.55 Å². The monoisotopic (exact) mass is 294 g/mol. The van der Waals surface area contributed by atoms with Crippen molar-refractivity contribution in [2.45, 2.75) is 30.1 Å². The van der Waals surface area contributed by atoms with Crippen molar-refractivity contribution >= 4 is 30.0 Å². The molecule has 0 aliphatic rings. The van der Waals surface area contributed by atoms with Crippen molar-refractivity contribution in [3.8, 4) is 0 Å². The number of hydrogen-bond acceptors (Lipinski definition) is 3. The van der Waals surface area contributed by atoms with Crippen LogP contribution >= 0.6 is 11.6 Å². The normalized spacial score (nSPS) is 14.6. The molecule has 0 aliphatic heterocycles. The molecule has 1 aromatic rings. The first-order valence-corrected chi connectivity index (χ1v) is 10.3. The lowest BCUT2D eigenvalue weighted by atomic mass is 10.2. The Bertz CT molecular complexity index is 478. The van der Waals surface area contributed by atoms with E-state index in [0.29, 0.717) is 5.56 Å². The molecule has 1 N–H and O–H groups in total. The molecule has 0 radical (unpaired) electrons. The van der Waals surface area contributed by atoms with Crippen molar-refractivity contribution < 1.29 is 17.4 Å². The summed E-state index contributed by atoms with van der Waals surface area (Å²) in [6.45, 7) is 6.03. The number of halogens is 1. The summed E-state index contributed by atoms with van der Waals surface area (Å²) in [5.74, 6) is 0. The van der Waals surface area contributed by atoms with Crippen LogP contribution in [0.3, 0.4) is 0 Å². The minimum Gasteiger partial charge on any atom is -0.398 e. The van der Waals surface area contributed by atoms with Gasteiger partial charge in [-0.2, -0.15) is 8.42 Å². The van der Waals surface area contributed by atoms with Gasteiger partial charge in [0.05, 0.1) is 4.90 Å². The Hall–Kier alpha value is -0.403. The summed E-state index contributed by atoms with van der Waals surface area (Å²) in [5.41, 5.74) is 0.0682. The van der Waals surface area contributed by atoms with Gasteiger partial charge in [0.15, 0.2) is 8.32 Å². The Labute approximate surface area is 107 Å². The molecular weight excluding hydrogens is 280 g/mol. The van der Waals surface area contributed by atoms with Crippen molar-refractivity contribution in [3.63, 3.8) is 0 Å². The van der Waals surface area contributed by atoms with Gasteiger partial charge in [-0.05, 0) is 37.3 Å². The predicted molar refractivity (Wildman–Crippen MR) is 69.3 cm³/mol. The molecule has 0 fully saturated rings. The van der Waals surface area contributed by atoms with E-state index in [9.17, 15) is 8.42 Å². The summed E-state index contributed by atoms with van der Waals surface area (Å²) < 4.78 is 36.1. The van der Waals surface area contributed by atoms with Gasteiger partial charge >= 0.3 is 0 Å². The minimum atomic E-state index is -4.16. The number of benzene rings is 1. The minimum absolute atomic E-state index is 0.155. The lowest BCUT2D eigenvalue weighted by Gasteiger charge is -2.22. The standard InChI is InChI=1S/C10H15ClO4SSi/c1-17(2,3)15-10(11)8-4-6-9(7-5-8)16(12,13)14/h4-7,10H,1-3H3,(H,12,13,14). The van der Waals surface area contributed by atoms with Crippen LogP contribution in [0.2, 0.25) is 19.6 Å². The maximum atomic E-state index is 10.8. The van der Waals surface area contributed by atoms with E-state index in [-0.39, 0.29) is 4.90 Å². The van der Waals surface area contributed by atoms with Crippen molar-refractivity contribution in [2.24, 2.45) is 0 Å². The highest BCUT2D eigenvalue weighted by atomic mass is 35.5. The molecule has 0 spiro atoms. The molecule has 1 rings (SSSR count). The summed E-state index contributed by atoms with van der Waals surface area (Å²) in [6, 6.07) is 5.66. The van der Waals surface area contributed by atoms with E-state index < -0.39 is 24.0 Å². The third-order valence-corrected chi connectivity index (χ3v) is 4.20. The predicted octanol–water partition coefficient (Wildman–Crippen LogP) is 3.02. The molecule has 0 saturated carbocycles. The maximum absolute atomic E-state index is 10.8. The average molecular weight is 295 g/mol. The molecule has 0 aromatic heterocycles. The molecule has 17 heavy (non-hydrogen) atoms. The Morgan fingerprint density at radius 3 is 2.06 bits per heavy atom. The van der Waals surface area contributed by atoms with E-state index in [1.807, 2.05) is 19.6 Å². The van der Waals surface area contributed by atoms with Crippen LogP contribution in [0.5, 0.6) is 0 Å². The van der Waals surface area contributed by atoms with Gasteiger partial charge in [0, 0.05) is 0 Å². The van der Waals surface area contributed by atoms with Crippen LogP contribution in [0, 0.1) is 0 Å². The van der Waals surface area contributed by atoms with Crippen LogP contribution in [-0.4, -0.2) is 21.3 Å². The largest absolute Gasteiger partial charge is 0.398 e. The highest BCUT2D eigenvalue weighted by Gasteiger charge is 2.21. The molecular formula is C10H15ClO4SSi. The van der Waals surface area contributed by atoms with E-state index in [1.54, 1.807) is 0 Å². The second kappa shape index (κ2) is 5.07. The lowest BCUT2D eigenvalue weighted by Crippen LogP contribution is -2.26. The fraction of sp³-hybridized carbons (Fsp3) is 0.400. The highest BCUT2D eigenvalue weighted by molar-refractivity contribution is 7.85. The number of rotatable bonds is 4. The molecule has 96 valence electrons. The summed E-state index contributed by atoms with van der Waals surface area (Å²) in [7, 11) is -5.91. The van der Waals surface area contributed by atoms with Crippen molar-refractivity contribution in [2.75, 3.05) is 0 Å². The van der Waals surface area contributed by atoms with Gasteiger partial charge in [0.1, 0.15) is 5.56 Å². The molecule has 7 heteroatoms. The van der Waals surface area contributed by atoms with E-state index >= 15 is 0 Å². The van der Waals surface area contributed by atoms with Crippen LogP contribution < -0.4 is 0 Å². The Balaban J connectivity index is 2.88. The Kier molecular flexibility index (Phi) is 4.37. The molecule has 1 unspecified atom stereocenters. The molecule has 0 bridgehead atoms. The second-order valence-corrected chi connectivity index (χ2v) is 10.9. The zero-order chi connectivity index (χ0) is 13.3. The highest BCUT2D eigenvalue weighted by Crippen LogP contribution is 2.26. The average Bonchev–Trinajstić information content (AvgIpc) is 2.14. The maximum Gasteiger partial charge on any atom is 0.294 e. The van der Waals surface area contributed by atoms with Crippen molar-refractivity contribution in [1.29, 1.82) is 0 Å². The van der Waals surface area contributed by atoms with Gasteiger partial charge in [0.25, 0.3) is 10.1 Å². The van der Waals surface area contributed by atoms with Gasteiger partial charge in [-0.25, -0.2) is 0 Å². The van der Waals surface area contributed by atoms with E-state index in [1.165, 1.54) is 24.3 Å². The second-order valence-electron chi connectivity index (χ2n) is 4.59. The van der Waals surface area contributed by atoms with Crippen molar-refractivity contribution in [3.05, 3.63) is 29.8 Å². The van der Waals surface area contributed by atoms with Crippen molar-refractivity contribution in [1.82, 2.24) is 0 Å². The van der Waals surface area contributed by atoms with Gasteiger partial charge in [-0.15, -0.1) is 0 Å². The molecule has 0 heterocycles. The first kappa shape index (κ1) is 14.7. The molecule has 0 saturated heterocycles. The third-order valence-electron chi connectivity index (χ3n) is 1.90. The summed E-state index contributed by atoms with van der Waals surface area (Å²) in [4.78, 5) is -0.155. The van der Waals surface area contributed by atoms with Crippen LogP contribution in [0.1, 0.15) is 11.1 Å². The van der Waals surface area contributed by atoms with Crippen LogP contribution in [-0.2, 0) is 14.5 Å². The SMILES string of the molecule is C[Si](C)(C)OC(Cl)c1ccc(S(=O)(=O)O)cc1. The van der Waals surface area contributed by atoms with E-state index in [0.717, 1.165) is 0 Å². The van der Waals surface area contributed by atoms with Gasteiger partial charge in [-0.1, -0.05) is 23.7 Å². The summed E-state index contributed by atoms with van der Waals surface area (Å²) in [5, 5.41) is 0. The van der Waals surface area contributed by atoms with Gasteiger partial charge < -0.3 is 4.43 Å². The van der Waals surface area contributed by atoms with E-state index in [2.05, 4.69) is 0 Å². The molecule has 1 aromatic carbocycles. The topological polar surface area (TPSA) is 63.6 Å². The molecule has 0 amide bonds. The quantitative estimate of drug-likeness (QED) is 0.527. The fourth-order valence-electron chi connectivity index (χ4n) is 1.17. The van der Waals surface area contributed by atoms with Crippen LogP contribution in [0.15, 0.2) is 29.2 Å². The zero-order valence-corrected chi connectivity index (χ0v) is 12.4. The first-order valence-electron chi connectivity index (χ1n) is 4.99. The molecule has 4 nitrogen and oxygen atoms in total. The first-order chi connectivity index (χ1) is 7.59. The Morgan fingerprint density at radius 2 is 1.71 bits per heavy atom. The molecule has 1 atom stereocenters. The Morgan fingerprint density at radius 1 is 1.24 bits per heavy atom. The summed E-state index contributed by atoms with van der Waals surface area (Å²) >= 11 is 6.06. The number of alkyl halides is 1.